The predicted octanol–water partition coefficient (Wildman–Crippen LogP) is 0.601. The second-order valence-electron chi connectivity index (χ2n) is 4.34. The molecule has 0 aliphatic heterocycles. The van der Waals surface area contributed by atoms with Crippen LogP contribution >= 0.6 is 0 Å². The first-order chi connectivity index (χ1) is 8.99. The number of aromatic nitrogens is 4. The van der Waals surface area contributed by atoms with Gasteiger partial charge in [0.2, 0.25) is 0 Å². The Bertz CT molecular complexity index is 618. The lowest BCUT2D eigenvalue weighted by Crippen LogP contribution is -2.28. The van der Waals surface area contributed by atoms with E-state index in [4.69, 9.17) is 0 Å². The number of aryl methyl sites for hydroxylation is 2. The van der Waals surface area contributed by atoms with Crippen molar-refractivity contribution in [1.82, 2.24) is 25.5 Å². The number of aromatic amines is 2. The van der Waals surface area contributed by atoms with Gasteiger partial charge in [0.05, 0.1) is 17.9 Å². The van der Waals surface area contributed by atoms with E-state index >= 15 is 0 Å². The van der Waals surface area contributed by atoms with Crippen LogP contribution < -0.4 is 10.9 Å². The van der Waals surface area contributed by atoms with E-state index in [2.05, 4.69) is 25.5 Å². The minimum atomic E-state index is -0.344. The van der Waals surface area contributed by atoms with Crippen LogP contribution in [-0.4, -0.2) is 26.1 Å². The lowest BCUT2D eigenvalue weighted by Gasteiger charge is -2.14. The molecule has 0 saturated carbocycles. The molecular weight excluding hydrogens is 246 g/mol. The molecule has 2 aromatic heterocycles. The van der Waals surface area contributed by atoms with Crippen molar-refractivity contribution < 1.29 is 4.79 Å². The number of H-pyrrole nitrogens is 2. The van der Waals surface area contributed by atoms with Crippen molar-refractivity contribution in [2.45, 2.75) is 26.8 Å². The molecule has 0 spiro atoms. The summed E-state index contributed by atoms with van der Waals surface area (Å²) < 4.78 is 0. The minimum Gasteiger partial charge on any atom is -0.344 e. The number of nitrogens with one attached hydrogen (secondary N) is 3. The molecule has 100 valence electrons. The first-order valence-electron chi connectivity index (χ1n) is 5.86. The van der Waals surface area contributed by atoms with Gasteiger partial charge in [0.1, 0.15) is 5.69 Å². The Morgan fingerprint density at radius 2 is 2.16 bits per heavy atom. The molecule has 1 amide bonds. The number of carbonyl (C=O) groups excluding carboxylic acids is 1. The first kappa shape index (κ1) is 13.0. The van der Waals surface area contributed by atoms with Crippen LogP contribution in [-0.2, 0) is 0 Å². The van der Waals surface area contributed by atoms with Gasteiger partial charge in [0.25, 0.3) is 11.5 Å². The molecule has 2 heterocycles. The molecule has 0 aliphatic carbocycles. The number of hydrogen-bond acceptors (Lipinski definition) is 4. The van der Waals surface area contributed by atoms with E-state index < -0.39 is 0 Å². The lowest BCUT2D eigenvalue weighted by molar-refractivity contribution is 0.0934. The first-order valence-corrected chi connectivity index (χ1v) is 5.86. The Morgan fingerprint density at radius 1 is 1.42 bits per heavy atom. The van der Waals surface area contributed by atoms with Gasteiger partial charge in [-0.3, -0.25) is 14.7 Å². The number of amides is 1. The highest BCUT2D eigenvalue weighted by Crippen LogP contribution is 2.18. The van der Waals surface area contributed by atoms with Crippen molar-refractivity contribution in [3.8, 4) is 0 Å². The zero-order chi connectivity index (χ0) is 14.0. The molecule has 1 atom stereocenters. The summed E-state index contributed by atoms with van der Waals surface area (Å²) in [6.45, 7) is 5.64. The largest absolute Gasteiger partial charge is 0.344 e. The van der Waals surface area contributed by atoms with Crippen molar-refractivity contribution in [3.05, 3.63) is 45.4 Å². The topological polar surface area (TPSA) is 104 Å². The highest BCUT2D eigenvalue weighted by molar-refractivity contribution is 5.92. The maximum atomic E-state index is 12.0. The Morgan fingerprint density at radius 3 is 2.68 bits per heavy atom. The fourth-order valence-corrected chi connectivity index (χ4v) is 2.01. The van der Waals surface area contributed by atoms with E-state index in [-0.39, 0.29) is 23.2 Å². The second kappa shape index (κ2) is 5.05. The number of nitrogens with zero attached hydrogens (tertiary/aromatic N) is 2. The molecule has 19 heavy (non-hydrogen) atoms. The van der Waals surface area contributed by atoms with Crippen molar-refractivity contribution in [3.63, 3.8) is 0 Å². The van der Waals surface area contributed by atoms with E-state index in [1.807, 2.05) is 20.8 Å². The Kier molecular flexibility index (Phi) is 3.46. The Hall–Kier alpha value is -2.44. The third-order valence-electron chi connectivity index (χ3n) is 2.87. The molecule has 0 radical (unpaired) electrons. The van der Waals surface area contributed by atoms with Gasteiger partial charge in [0, 0.05) is 17.5 Å². The lowest BCUT2D eigenvalue weighted by atomic mass is 10.1. The normalized spacial score (nSPS) is 12.2. The molecule has 3 N–H and O–H groups in total. The summed E-state index contributed by atoms with van der Waals surface area (Å²) in [6.07, 6.45) is 2.37. The third-order valence-corrected chi connectivity index (χ3v) is 2.87. The summed E-state index contributed by atoms with van der Waals surface area (Å²) in [5.74, 6) is -0.344. The highest BCUT2D eigenvalue weighted by atomic mass is 16.2. The van der Waals surface area contributed by atoms with E-state index in [1.54, 1.807) is 0 Å². The predicted molar refractivity (Wildman–Crippen MR) is 68.8 cm³/mol. The SMILES string of the molecule is Cc1n[nH]c(C)c1C(C)NC(=O)c1c[nH]c(=O)cn1. The third kappa shape index (κ3) is 2.70. The van der Waals surface area contributed by atoms with E-state index in [9.17, 15) is 9.59 Å². The number of carbonyl (C=O) groups is 1. The Labute approximate surface area is 109 Å². The molecule has 2 aromatic rings. The van der Waals surface area contributed by atoms with Gasteiger partial charge in [-0.05, 0) is 20.8 Å². The van der Waals surface area contributed by atoms with Gasteiger partial charge in [-0.2, -0.15) is 5.10 Å². The van der Waals surface area contributed by atoms with E-state index in [0.29, 0.717) is 0 Å². The van der Waals surface area contributed by atoms with Gasteiger partial charge in [-0.15, -0.1) is 0 Å². The van der Waals surface area contributed by atoms with Crippen LogP contribution in [0, 0.1) is 13.8 Å². The molecule has 0 fully saturated rings. The van der Waals surface area contributed by atoms with Gasteiger partial charge in [-0.1, -0.05) is 0 Å². The van der Waals surface area contributed by atoms with Crippen LogP contribution in [0.15, 0.2) is 17.2 Å². The average Bonchev–Trinajstić information content (AvgIpc) is 2.69. The molecule has 0 saturated heterocycles. The molecule has 2 rings (SSSR count). The van der Waals surface area contributed by atoms with Gasteiger partial charge >= 0.3 is 0 Å². The maximum Gasteiger partial charge on any atom is 0.271 e. The minimum absolute atomic E-state index is 0.172. The van der Waals surface area contributed by atoms with Crippen LogP contribution in [0.4, 0.5) is 0 Å². The van der Waals surface area contributed by atoms with Crippen LogP contribution in [0.3, 0.4) is 0 Å². The summed E-state index contributed by atoms with van der Waals surface area (Å²) in [4.78, 5) is 29.0. The van der Waals surface area contributed by atoms with Crippen molar-refractivity contribution >= 4 is 5.91 Å². The molecule has 7 heteroatoms. The van der Waals surface area contributed by atoms with Crippen LogP contribution in [0.5, 0.6) is 0 Å². The molecule has 1 unspecified atom stereocenters. The molecule has 0 aromatic carbocycles. The van der Waals surface area contributed by atoms with Crippen LogP contribution in [0.2, 0.25) is 0 Å². The fraction of sp³-hybridized carbons (Fsp3) is 0.333. The van der Waals surface area contributed by atoms with E-state index in [0.717, 1.165) is 23.1 Å². The average molecular weight is 261 g/mol. The summed E-state index contributed by atoms with van der Waals surface area (Å²) in [5.41, 5.74) is 2.55. The van der Waals surface area contributed by atoms with E-state index in [1.165, 1.54) is 6.20 Å². The number of hydrogen-bond donors (Lipinski definition) is 3. The molecule has 7 nitrogen and oxygen atoms in total. The summed E-state index contributed by atoms with van der Waals surface area (Å²) >= 11 is 0. The second-order valence-corrected chi connectivity index (χ2v) is 4.34. The summed E-state index contributed by atoms with van der Waals surface area (Å²) in [6, 6.07) is -0.194. The molecular formula is C12H15N5O2. The van der Waals surface area contributed by atoms with Crippen molar-refractivity contribution in [1.29, 1.82) is 0 Å². The standard InChI is InChI=1S/C12H15N5O2/c1-6(11-7(2)16-17-8(11)3)15-12(19)9-4-14-10(18)5-13-9/h4-6H,1-3H3,(H,14,18)(H,15,19)(H,16,17). The molecule has 0 bridgehead atoms. The summed E-state index contributed by atoms with van der Waals surface area (Å²) in [7, 11) is 0. The monoisotopic (exact) mass is 261 g/mol. The molecule has 0 aliphatic rings. The van der Waals surface area contributed by atoms with Gasteiger partial charge in [0.15, 0.2) is 0 Å². The highest BCUT2D eigenvalue weighted by Gasteiger charge is 2.17. The van der Waals surface area contributed by atoms with Crippen molar-refractivity contribution in [2.24, 2.45) is 0 Å². The Balaban J connectivity index is 2.15. The fourth-order valence-electron chi connectivity index (χ4n) is 2.01. The van der Waals surface area contributed by atoms with Gasteiger partial charge < -0.3 is 10.3 Å². The summed E-state index contributed by atoms with van der Waals surface area (Å²) in [5, 5.41) is 9.78. The quantitative estimate of drug-likeness (QED) is 0.752. The van der Waals surface area contributed by atoms with Crippen LogP contribution in [0.1, 0.15) is 40.4 Å². The maximum absolute atomic E-state index is 12.0. The zero-order valence-electron chi connectivity index (χ0n) is 10.9. The van der Waals surface area contributed by atoms with Gasteiger partial charge in [-0.25, -0.2) is 4.98 Å². The van der Waals surface area contributed by atoms with Crippen molar-refractivity contribution in [2.75, 3.05) is 0 Å². The van der Waals surface area contributed by atoms with Crippen LogP contribution in [0.25, 0.3) is 0 Å². The zero-order valence-corrected chi connectivity index (χ0v) is 10.9. The number of rotatable bonds is 3. The smallest absolute Gasteiger partial charge is 0.271 e.